The number of fused-ring (bicyclic) bond motifs is 1. The first-order valence-electron chi connectivity index (χ1n) is 11.2. The summed E-state index contributed by atoms with van der Waals surface area (Å²) in [5, 5.41) is 0. The maximum Gasteiger partial charge on any atom is 0.0480 e. The molecule has 4 aliphatic rings. The zero-order valence-electron chi connectivity index (χ0n) is 16.9. The monoisotopic (exact) mass is 369 g/mol. The molecule has 5 rings (SSSR count). The van der Waals surface area contributed by atoms with E-state index in [1.807, 2.05) is 0 Å². The van der Waals surface area contributed by atoms with Gasteiger partial charge in [0.2, 0.25) is 0 Å². The van der Waals surface area contributed by atoms with Crippen LogP contribution in [-0.4, -0.2) is 67.3 Å². The van der Waals surface area contributed by atoms with E-state index in [4.69, 9.17) is 4.74 Å². The van der Waals surface area contributed by atoms with Crippen molar-refractivity contribution in [2.24, 2.45) is 0 Å². The standard InChI is InChI=1S/C23H35N3O/c1-18-3-2-10-26(18)23-7-12-25(17-23)22-5-4-20-16-24(11-6-19(20)15-22)21-8-13-27-14-9-21/h4-5,15,18,21,23H,2-3,6-14,16-17H2,1H3. The number of anilines is 1. The van der Waals surface area contributed by atoms with Gasteiger partial charge in [0, 0.05) is 63.2 Å². The van der Waals surface area contributed by atoms with Crippen molar-refractivity contribution in [3.63, 3.8) is 0 Å². The predicted octanol–water partition coefficient (Wildman–Crippen LogP) is 3.29. The van der Waals surface area contributed by atoms with Crippen molar-refractivity contribution in [3.8, 4) is 0 Å². The van der Waals surface area contributed by atoms with Crippen LogP contribution >= 0.6 is 0 Å². The van der Waals surface area contributed by atoms with Gasteiger partial charge in [0.1, 0.15) is 0 Å². The summed E-state index contributed by atoms with van der Waals surface area (Å²) in [4.78, 5) is 8.11. The van der Waals surface area contributed by atoms with Crippen LogP contribution in [0.1, 0.15) is 50.2 Å². The Balaban J connectivity index is 1.24. The lowest BCUT2D eigenvalue weighted by molar-refractivity contribution is 0.0290. The van der Waals surface area contributed by atoms with Crippen LogP contribution in [0.4, 0.5) is 5.69 Å². The highest BCUT2D eigenvalue weighted by atomic mass is 16.5. The molecule has 1 aromatic rings. The van der Waals surface area contributed by atoms with Gasteiger partial charge in [-0.15, -0.1) is 0 Å². The molecule has 0 radical (unpaired) electrons. The first kappa shape index (κ1) is 18.0. The van der Waals surface area contributed by atoms with Crippen molar-refractivity contribution in [3.05, 3.63) is 29.3 Å². The molecule has 4 heterocycles. The van der Waals surface area contributed by atoms with E-state index >= 15 is 0 Å². The summed E-state index contributed by atoms with van der Waals surface area (Å²) in [6.07, 6.45) is 7.73. The summed E-state index contributed by atoms with van der Waals surface area (Å²) < 4.78 is 5.55. The first-order valence-corrected chi connectivity index (χ1v) is 11.2. The zero-order valence-corrected chi connectivity index (χ0v) is 16.9. The molecule has 27 heavy (non-hydrogen) atoms. The molecular formula is C23H35N3O. The molecule has 2 atom stereocenters. The Bertz CT molecular complexity index is 657. The minimum absolute atomic E-state index is 0.730. The number of hydrogen-bond donors (Lipinski definition) is 0. The number of likely N-dealkylation sites (tertiary alicyclic amines) is 1. The van der Waals surface area contributed by atoms with E-state index in [-0.39, 0.29) is 0 Å². The second-order valence-electron chi connectivity index (χ2n) is 9.13. The third-order valence-corrected chi connectivity index (χ3v) is 7.54. The highest BCUT2D eigenvalue weighted by Gasteiger charge is 2.33. The maximum absolute atomic E-state index is 5.55. The maximum atomic E-state index is 5.55. The molecule has 3 fully saturated rings. The minimum Gasteiger partial charge on any atom is -0.381 e. The summed E-state index contributed by atoms with van der Waals surface area (Å²) in [7, 11) is 0. The van der Waals surface area contributed by atoms with Gasteiger partial charge in [0.15, 0.2) is 0 Å². The fourth-order valence-corrected chi connectivity index (χ4v) is 5.86. The van der Waals surface area contributed by atoms with E-state index in [2.05, 4.69) is 39.8 Å². The van der Waals surface area contributed by atoms with E-state index < -0.39 is 0 Å². The van der Waals surface area contributed by atoms with Crippen molar-refractivity contribution in [2.75, 3.05) is 44.3 Å². The predicted molar refractivity (Wildman–Crippen MR) is 110 cm³/mol. The molecular weight excluding hydrogens is 334 g/mol. The average Bonchev–Trinajstić information content (AvgIpc) is 3.37. The summed E-state index contributed by atoms with van der Waals surface area (Å²) in [5.41, 5.74) is 4.61. The Morgan fingerprint density at radius 2 is 1.81 bits per heavy atom. The summed E-state index contributed by atoms with van der Waals surface area (Å²) >= 11 is 0. The Kier molecular flexibility index (Phi) is 5.14. The van der Waals surface area contributed by atoms with Gasteiger partial charge in [-0.25, -0.2) is 0 Å². The van der Waals surface area contributed by atoms with Gasteiger partial charge >= 0.3 is 0 Å². The molecule has 0 aliphatic carbocycles. The van der Waals surface area contributed by atoms with E-state index in [9.17, 15) is 0 Å². The third kappa shape index (κ3) is 3.64. The summed E-state index contributed by atoms with van der Waals surface area (Å²) in [6, 6.07) is 9.60. The molecule has 4 nitrogen and oxygen atoms in total. The molecule has 0 bridgehead atoms. The zero-order chi connectivity index (χ0) is 18.2. The number of ether oxygens (including phenoxy) is 1. The Morgan fingerprint density at radius 1 is 0.926 bits per heavy atom. The molecule has 0 spiro atoms. The topological polar surface area (TPSA) is 19.0 Å². The van der Waals surface area contributed by atoms with Crippen LogP contribution in [0.5, 0.6) is 0 Å². The average molecular weight is 370 g/mol. The first-order chi connectivity index (χ1) is 13.3. The Morgan fingerprint density at radius 3 is 2.63 bits per heavy atom. The summed E-state index contributed by atoms with van der Waals surface area (Å²) in [5.74, 6) is 0. The van der Waals surface area contributed by atoms with Gasteiger partial charge in [-0.05, 0) is 75.3 Å². The highest BCUT2D eigenvalue weighted by Crippen LogP contribution is 2.31. The molecule has 0 N–H and O–H groups in total. The molecule has 148 valence electrons. The molecule has 4 aliphatic heterocycles. The fraction of sp³-hybridized carbons (Fsp3) is 0.739. The lowest BCUT2D eigenvalue weighted by atomic mass is 9.96. The quantitative estimate of drug-likeness (QED) is 0.814. The van der Waals surface area contributed by atoms with Crippen molar-refractivity contribution in [1.82, 2.24) is 9.80 Å². The number of benzene rings is 1. The molecule has 0 aromatic heterocycles. The van der Waals surface area contributed by atoms with E-state index in [1.165, 1.54) is 70.4 Å². The van der Waals surface area contributed by atoms with Gasteiger partial charge in [0.25, 0.3) is 0 Å². The SMILES string of the molecule is CC1CCCN1C1CCN(c2ccc3c(c2)CCN(C2CCOCC2)C3)C1. The highest BCUT2D eigenvalue weighted by molar-refractivity contribution is 5.52. The largest absolute Gasteiger partial charge is 0.381 e. The van der Waals surface area contributed by atoms with Crippen LogP contribution in [0.15, 0.2) is 18.2 Å². The van der Waals surface area contributed by atoms with Crippen LogP contribution in [0.3, 0.4) is 0 Å². The second kappa shape index (κ2) is 7.73. The number of rotatable bonds is 3. The van der Waals surface area contributed by atoms with E-state index in [1.54, 1.807) is 11.1 Å². The normalized spacial score (nSPS) is 30.8. The van der Waals surface area contributed by atoms with Gasteiger partial charge in [-0.1, -0.05) is 6.07 Å². The van der Waals surface area contributed by atoms with Crippen molar-refractivity contribution < 1.29 is 4.74 Å². The summed E-state index contributed by atoms with van der Waals surface area (Å²) in [6.45, 7) is 10.4. The Hall–Kier alpha value is -1.10. The lowest BCUT2D eigenvalue weighted by Gasteiger charge is -2.38. The third-order valence-electron chi connectivity index (χ3n) is 7.54. The van der Waals surface area contributed by atoms with Crippen LogP contribution < -0.4 is 4.90 Å². The van der Waals surface area contributed by atoms with Crippen molar-refractivity contribution >= 4 is 5.69 Å². The number of nitrogens with zero attached hydrogens (tertiary/aromatic N) is 3. The number of hydrogen-bond acceptors (Lipinski definition) is 4. The fourth-order valence-electron chi connectivity index (χ4n) is 5.86. The van der Waals surface area contributed by atoms with Crippen molar-refractivity contribution in [2.45, 2.75) is 70.1 Å². The van der Waals surface area contributed by atoms with Crippen LogP contribution in [0.25, 0.3) is 0 Å². The molecule has 4 heteroatoms. The van der Waals surface area contributed by atoms with E-state index in [0.717, 1.165) is 37.9 Å². The van der Waals surface area contributed by atoms with Crippen LogP contribution in [0, 0.1) is 0 Å². The van der Waals surface area contributed by atoms with Gasteiger partial charge < -0.3 is 9.64 Å². The van der Waals surface area contributed by atoms with Crippen LogP contribution in [0.2, 0.25) is 0 Å². The van der Waals surface area contributed by atoms with Crippen molar-refractivity contribution in [1.29, 1.82) is 0 Å². The molecule has 0 saturated carbocycles. The second-order valence-corrected chi connectivity index (χ2v) is 9.13. The lowest BCUT2D eigenvalue weighted by Crippen LogP contribution is -2.42. The smallest absolute Gasteiger partial charge is 0.0480 e. The minimum atomic E-state index is 0.730. The molecule has 1 aromatic carbocycles. The van der Waals surface area contributed by atoms with Crippen LogP contribution in [-0.2, 0) is 17.7 Å². The molecule has 3 saturated heterocycles. The van der Waals surface area contributed by atoms with E-state index in [0.29, 0.717) is 0 Å². The van der Waals surface area contributed by atoms with Gasteiger partial charge in [0.05, 0.1) is 0 Å². The van der Waals surface area contributed by atoms with Gasteiger partial charge in [-0.3, -0.25) is 9.80 Å². The Labute approximate surface area is 164 Å². The molecule has 2 unspecified atom stereocenters. The van der Waals surface area contributed by atoms with Gasteiger partial charge in [-0.2, -0.15) is 0 Å². The molecule has 0 amide bonds.